The molecule has 0 fully saturated rings. The van der Waals surface area contributed by atoms with Crippen molar-refractivity contribution in [2.24, 2.45) is 0 Å². The third-order valence-corrected chi connectivity index (χ3v) is 4.31. The average molecular weight is 314 g/mol. The molecule has 0 spiro atoms. The molecule has 0 aliphatic carbocycles. The van der Waals surface area contributed by atoms with Crippen LogP contribution < -0.4 is 4.90 Å². The Labute approximate surface area is 133 Å². The fraction of sp³-hybridized carbons (Fsp3) is 0.375. The van der Waals surface area contributed by atoms with E-state index in [4.69, 9.17) is 0 Å². The number of carbonyl (C=O) groups is 1. The van der Waals surface area contributed by atoms with E-state index in [9.17, 15) is 14.9 Å². The largest absolute Gasteiger partial charge is 0.308 e. The Hall–Kier alpha value is -2.70. The minimum atomic E-state index is -0.600. The van der Waals surface area contributed by atoms with Crippen LogP contribution in [0.2, 0.25) is 0 Å². The number of carbonyl (C=O) groups excluding carboxylic acids is 1. The first-order chi connectivity index (χ1) is 11.0. The van der Waals surface area contributed by atoms with Crippen LogP contribution in [-0.2, 0) is 11.2 Å². The molecule has 1 aromatic heterocycles. The van der Waals surface area contributed by atoms with Crippen LogP contribution >= 0.6 is 0 Å². The quantitative estimate of drug-likeness (QED) is 0.644. The summed E-state index contributed by atoms with van der Waals surface area (Å²) in [5.74, 6) is -0.109. The Kier molecular flexibility index (Phi) is 3.85. The summed E-state index contributed by atoms with van der Waals surface area (Å²) in [5.41, 5.74) is 1.96. The zero-order valence-electron chi connectivity index (χ0n) is 13.0. The molecule has 2 heterocycles. The molecule has 120 valence electrons. The van der Waals surface area contributed by atoms with Crippen LogP contribution in [0.3, 0.4) is 0 Å². The maximum Gasteiger partial charge on any atom is 0.307 e. The van der Waals surface area contributed by atoms with E-state index in [1.165, 1.54) is 10.9 Å². The first-order valence-electron chi connectivity index (χ1n) is 7.58. The number of fused-ring (bicyclic) bond motifs is 1. The van der Waals surface area contributed by atoms with E-state index in [-0.39, 0.29) is 17.6 Å². The van der Waals surface area contributed by atoms with Crippen molar-refractivity contribution < 1.29 is 9.72 Å². The van der Waals surface area contributed by atoms with Crippen molar-refractivity contribution >= 4 is 17.3 Å². The predicted octanol–water partition coefficient (Wildman–Crippen LogP) is 2.72. The fourth-order valence-electron chi connectivity index (χ4n) is 2.97. The van der Waals surface area contributed by atoms with Gasteiger partial charge in [0.2, 0.25) is 0 Å². The lowest BCUT2D eigenvalue weighted by Gasteiger charge is -2.36. The highest BCUT2D eigenvalue weighted by molar-refractivity contribution is 5.97. The lowest BCUT2D eigenvalue weighted by molar-refractivity contribution is -0.385. The summed E-state index contributed by atoms with van der Waals surface area (Å²) in [5, 5.41) is 14.7. The summed E-state index contributed by atoms with van der Waals surface area (Å²) in [4.78, 5) is 25.0. The van der Waals surface area contributed by atoms with Gasteiger partial charge in [-0.3, -0.25) is 19.6 Å². The summed E-state index contributed by atoms with van der Waals surface area (Å²) in [7, 11) is 0. The number of anilines is 1. The van der Waals surface area contributed by atoms with Crippen LogP contribution in [0.25, 0.3) is 0 Å². The zero-order chi connectivity index (χ0) is 16.6. The lowest BCUT2D eigenvalue weighted by atomic mass is 9.96. The fourth-order valence-corrected chi connectivity index (χ4v) is 2.97. The van der Waals surface area contributed by atoms with E-state index in [1.54, 1.807) is 11.8 Å². The van der Waals surface area contributed by atoms with Crippen molar-refractivity contribution in [1.82, 2.24) is 9.78 Å². The van der Waals surface area contributed by atoms with Crippen molar-refractivity contribution in [2.75, 3.05) is 4.90 Å². The molecular weight excluding hydrogens is 296 g/mol. The molecule has 2 aromatic rings. The number of nitrogens with zero attached hydrogens (tertiary/aromatic N) is 4. The molecule has 1 aromatic carbocycles. The van der Waals surface area contributed by atoms with Crippen molar-refractivity contribution in [3.8, 4) is 0 Å². The van der Waals surface area contributed by atoms with Crippen LogP contribution in [0.5, 0.6) is 0 Å². The smallest absolute Gasteiger partial charge is 0.307 e. The molecule has 1 aliphatic rings. The third kappa shape index (κ3) is 2.69. The minimum absolute atomic E-state index is 0.0883. The predicted molar refractivity (Wildman–Crippen MR) is 85.3 cm³/mol. The van der Waals surface area contributed by atoms with Crippen molar-refractivity contribution in [3.63, 3.8) is 0 Å². The van der Waals surface area contributed by atoms with Gasteiger partial charge in [-0.25, -0.2) is 0 Å². The van der Waals surface area contributed by atoms with E-state index in [0.29, 0.717) is 0 Å². The molecule has 0 saturated heterocycles. The van der Waals surface area contributed by atoms with Crippen LogP contribution in [-0.4, -0.2) is 26.7 Å². The average Bonchev–Trinajstić information content (AvgIpc) is 3.03. The number of aromatic nitrogens is 2. The Morgan fingerprint density at radius 2 is 2.17 bits per heavy atom. The van der Waals surface area contributed by atoms with Gasteiger partial charge in [-0.05, 0) is 38.3 Å². The van der Waals surface area contributed by atoms with Gasteiger partial charge in [-0.15, -0.1) is 0 Å². The Bertz CT molecular complexity index is 755. The molecule has 0 radical (unpaired) electrons. The van der Waals surface area contributed by atoms with E-state index in [2.05, 4.69) is 5.10 Å². The van der Waals surface area contributed by atoms with E-state index < -0.39 is 11.0 Å². The molecule has 0 N–H and O–H groups in total. The van der Waals surface area contributed by atoms with Crippen LogP contribution in [0, 0.1) is 10.1 Å². The van der Waals surface area contributed by atoms with Crippen molar-refractivity contribution in [3.05, 3.63) is 52.3 Å². The molecular formula is C16H18N4O3. The molecule has 23 heavy (non-hydrogen) atoms. The normalized spacial score (nSPS) is 18.3. The highest BCUT2D eigenvalue weighted by atomic mass is 16.6. The SMILES string of the molecule is CC1CCc2ccccc2N1C(=O)C(C)n1cc([N+](=O)[O-])cn1. The number of para-hydroxylation sites is 1. The van der Waals surface area contributed by atoms with E-state index in [0.717, 1.165) is 30.3 Å². The van der Waals surface area contributed by atoms with Crippen LogP contribution in [0.4, 0.5) is 11.4 Å². The molecule has 1 amide bonds. The standard InChI is InChI=1S/C16H18N4O3/c1-11-7-8-13-5-3-4-6-15(13)19(11)16(21)12(2)18-10-14(9-17-18)20(22)23/h3-6,9-12H,7-8H2,1-2H3. The van der Waals surface area contributed by atoms with Crippen LogP contribution in [0.1, 0.15) is 31.9 Å². The minimum Gasteiger partial charge on any atom is -0.308 e. The number of benzene rings is 1. The third-order valence-electron chi connectivity index (χ3n) is 4.31. The molecule has 0 bridgehead atoms. The molecule has 2 atom stereocenters. The zero-order valence-corrected chi connectivity index (χ0v) is 13.0. The highest BCUT2D eigenvalue weighted by Gasteiger charge is 2.32. The molecule has 3 rings (SSSR count). The summed E-state index contributed by atoms with van der Waals surface area (Å²) in [6, 6.07) is 7.35. The second-order valence-electron chi connectivity index (χ2n) is 5.84. The van der Waals surface area contributed by atoms with Crippen molar-refractivity contribution in [2.45, 2.75) is 38.8 Å². The lowest BCUT2D eigenvalue weighted by Crippen LogP contribution is -2.45. The number of amides is 1. The van der Waals surface area contributed by atoms with Crippen LogP contribution in [0.15, 0.2) is 36.7 Å². The maximum atomic E-state index is 12.9. The number of hydrogen-bond donors (Lipinski definition) is 0. The van der Waals surface area contributed by atoms with Gasteiger partial charge in [0.1, 0.15) is 18.4 Å². The molecule has 7 nitrogen and oxygen atoms in total. The summed E-state index contributed by atoms with van der Waals surface area (Å²) < 4.78 is 1.35. The van der Waals surface area contributed by atoms with E-state index >= 15 is 0 Å². The Morgan fingerprint density at radius 1 is 1.43 bits per heavy atom. The monoisotopic (exact) mass is 314 g/mol. The summed E-state index contributed by atoms with van der Waals surface area (Å²) in [6.07, 6.45) is 4.30. The van der Waals surface area contributed by atoms with Gasteiger partial charge in [-0.1, -0.05) is 18.2 Å². The number of aryl methyl sites for hydroxylation is 1. The van der Waals surface area contributed by atoms with Gasteiger partial charge in [0.05, 0.1) is 4.92 Å². The van der Waals surface area contributed by atoms with Crippen molar-refractivity contribution in [1.29, 1.82) is 0 Å². The second kappa shape index (κ2) is 5.83. The Balaban J connectivity index is 1.91. The van der Waals surface area contributed by atoms with Gasteiger partial charge in [0.25, 0.3) is 5.91 Å². The van der Waals surface area contributed by atoms with Gasteiger partial charge >= 0.3 is 5.69 Å². The highest BCUT2D eigenvalue weighted by Crippen LogP contribution is 2.32. The molecule has 7 heteroatoms. The number of hydrogen-bond acceptors (Lipinski definition) is 4. The molecule has 2 unspecified atom stereocenters. The van der Waals surface area contributed by atoms with Gasteiger partial charge < -0.3 is 4.90 Å². The molecule has 1 aliphatic heterocycles. The van der Waals surface area contributed by atoms with Gasteiger partial charge in [-0.2, -0.15) is 5.10 Å². The second-order valence-corrected chi connectivity index (χ2v) is 5.84. The van der Waals surface area contributed by atoms with E-state index in [1.807, 2.05) is 31.2 Å². The summed E-state index contributed by atoms with van der Waals surface area (Å²) in [6.45, 7) is 3.73. The topological polar surface area (TPSA) is 81.3 Å². The number of nitro groups is 1. The maximum absolute atomic E-state index is 12.9. The first kappa shape index (κ1) is 15.2. The van der Waals surface area contributed by atoms with Gasteiger partial charge in [0, 0.05) is 11.7 Å². The summed E-state index contributed by atoms with van der Waals surface area (Å²) >= 11 is 0. The Morgan fingerprint density at radius 3 is 2.87 bits per heavy atom. The first-order valence-corrected chi connectivity index (χ1v) is 7.58. The number of rotatable bonds is 3. The van der Waals surface area contributed by atoms with Gasteiger partial charge in [0.15, 0.2) is 0 Å². The molecule has 0 saturated carbocycles.